The molecule has 1 unspecified atom stereocenters. The molecule has 2 aliphatic heterocycles. The smallest absolute Gasteiger partial charge is 0.193 e. The molecule has 5 heteroatoms. The van der Waals surface area contributed by atoms with Gasteiger partial charge < -0.3 is 15.1 Å². The average molecular weight is 482 g/mol. The number of rotatable bonds is 3. The van der Waals surface area contributed by atoms with Gasteiger partial charge in [0, 0.05) is 45.5 Å². The number of aliphatic imine (C=N–C) groups is 1. The molecule has 0 radical (unpaired) electrons. The van der Waals surface area contributed by atoms with Crippen LogP contribution in [-0.2, 0) is 0 Å². The summed E-state index contributed by atoms with van der Waals surface area (Å²) in [7, 11) is 1.94. The minimum Gasteiger partial charge on any atom is -0.371 e. The van der Waals surface area contributed by atoms with Crippen LogP contribution < -0.4 is 10.2 Å². The SMILES string of the molecule is CN=C(NCC1CCN(c2ccccc2)C1)N1CCC2(CCCCC2)C1.I. The molecule has 4 rings (SSSR count). The maximum Gasteiger partial charge on any atom is 0.193 e. The first kappa shape index (κ1) is 20.7. The first-order valence-corrected chi connectivity index (χ1v) is 10.5. The molecule has 27 heavy (non-hydrogen) atoms. The van der Waals surface area contributed by atoms with Crippen molar-refractivity contribution >= 4 is 35.6 Å². The molecule has 0 aromatic heterocycles. The standard InChI is InChI=1S/C22H34N4.HI/c1-23-21(26-15-13-22(18-26)11-6-3-7-12-22)24-16-19-10-14-25(17-19)20-8-4-2-5-9-20;/h2,4-5,8-9,19H,3,6-7,10-18H2,1H3,(H,23,24);1H. The summed E-state index contributed by atoms with van der Waals surface area (Å²) in [6.45, 7) is 5.76. The molecule has 3 aliphatic rings. The lowest BCUT2D eigenvalue weighted by atomic mass is 9.73. The summed E-state index contributed by atoms with van der Waals surface area (Å²) >= 11 is 0. The first-order valence-electron chi connectivity index (χ1n) is 10.5. The van der Waals surface area contributed by atoms with E-state index in [1.165, 1.54) is 70.3 Å². The molecule has 1 aromatic carbocycles. The minimum absolute atomic E-state index is 0. The molecule has 150 valence electrons. The van der Waals surface area contributed by atoms with Crippen LogP contribution in [0.25, 0.3) is 0 Å². The van der Waals surface area contributed by atoms with Gasteiger partial charge in [-0.05, 0) is 49.1 Å². The Morgan fingerprint density at radius 1 is 1.11 bits per heavy atom. The van der Waals surface area contributed by atoms with Crippen molar-refractivity contribution < 1.29 is 0 Å². The van der Waals surface area contributed by atoms with Gasteiger partial charge in [0.2, 0.25) is 0 Å². The van der Waals surface area contributed by atoms with Crippen molar-refractivity contribution in [2.24, 2.45) is 16.3 Å². The Hall–Kier alpha value is -0.980. The molecule has 2 saturated heterocycles. The van der Waals surface area contributed by atoms with Gasteiger partial charge in [-0.25, -0.2) is 0 Å². The molecule has 0 amide bonds. The van der Waals surface area contributed by atoms with Gasteiger partial charge in [0.1, 0.15) is 0 Å². The van der Waals surface area contributed by atoms with Gasteiger partial charge in [0.05, 0.1) is 0 Å². The van der Waals surface area contributed by atoms with E-state index in [0.29, 0.717) is 11.3 Å². The Labute approximate surface area is 181 Å². The second-order valence-corrected chi connectivity index (χ2v) is 8.60. The Bertz CT molecular complexity index is 612. The quantitative estimate of drug-likeness (QED) is 0.395. The summed E-state index contributed by atoms with van der Waals surface area (Å²) in [5.41, 5.74) is 1.95. The number of likely N-dealkylation sites (tertiary alicyclic amines) is 1. The van der Waals surface area contributed by atoms with Crippen molar-refractivity contribution in [3.8, 4) is 0 Å². The second-order valence-electron chi connectivity index (χ2n) is 8.60. The predicted octanol–water partition coefficient (Wildman–Crippen LogP) is 4.36. The van der Waals surface area contributed by atoms with Crippen LogP contribution >= 0.6 is 24.0 Å². The zero-order chi connectivity index (χ0) is 17.8. The van der Waals surface area contributed by atoms with Crippen molar-refractivity contribution in [1.82, 2.24) is 10.2 Å². The molecule has 1 N–H and O–H groups in total. The Morgan fingerprint density at radius 2 is 1.89 bits per heavy atom. The summed E-state index contributed by atoms with van der Waals surface area (Å²) < 4.78 is 0. The number of guanidine groups is 1. The van der Waals surface area contributed by atoms with Gasteiger partial charge >= 0.3 is 0 Å². The number of benzene rings is 1. The largest absolute Gasteiger partial charge is 0.371 e. The number of hydrogen-bond donors (Lipinski definition) is 1. The topological polar surface area (TPSA) is 30.9 Å². The van der Waals surface area contributed by atoms with Crippen LogP contribution in [0.2, 0.25) is 0 Å². The highest BCUT2D eigenvalue weighted by atomic mass is 127. The average Bonchev–Trinajstić information content (AvgIpc) is 3.32. The van der Waals surface area contributed by atoms with Crippen LogP contribution in [0.3, 0.4) is 0 Å². The highest BCUT2D eigenvalue weighted by Gasteiger charge is 2.39. The molecule has 1 atom stereocenters. The van der Waals surface area contributed by atoms with Gasteiger partial charge in [-0.2, -0.15) is 0 Å². The van der Waals surface area contributed by atoms with Crippen LogP contribution in [0, 0.1) is 11.3 Å². The zero-order valence-electron chi connectivity index (χ0n) is 16.7. The van der Waals surface area contributed by atoms with Gasteiger partial charge in [0.25, 0.3) is 0 Å². The van der Waals surface area contributed by atoms with Crippen LogP contribution in [0.15, 0.2) is 35.3 Å². The molecule has 3 fully saturated rings. The molecular formula is C22H35IN4. The minimum atomic E-state index is 0. The Morgan fingerprint density at radius 3 is 2.63 bits per heavy atom. The fraction of sp³-hybridized carbons (Fsp3) is 0.682. The molecule has 1 saturated carbocycles. The monoisotopic (exact) mass is 482 g/mol. The highest BCUT2D eigenvalue weighted by molar-refractivity contribution is 14.0. The predicted molar refractivity (Wildman–Crippen MR) is 125 cm³/mol. The third kappa shape index (κ3) is 4.90. The lowest BCUT2D eigenvalue weighted by molar-refractivity contribution is 0.203. The van der Waals surface area contributed by atoms with E-state index in [2.05, 4.69) is 50.4 Å². The van der Waals surface area contributed by atoms with Crippen LogP contribution in [-0.4, -0.2) is 50.6 Å². The molecule has 1 aliphatic carbocycles. The molecule has 0 bridgehead atoms. The van der Waals surface area contributed by atoms with Crippen molar-refractivity contribution in [3.63, 3.8) is 0 Å². The normalized spacial score (nSPS) is 24.9. The fourth-order valence-corrected chi connectivity index (χ4v) is 5.27. The molecule has 4 nitrogen and oxygen atoms in total. The summed E-state index contributed by atoms with van der Waals surface area (Å²) in [5, 5.41) is 3.70. The number of hydrogen-bond acceptors (Lipinski definition) is 2. The number of anilines is 1. The summed E-state index contributed by atoms with van der Waals surface area (Å²) in [6.07, 6.45) is 9.77. The third-order valence-corrected chi connectivity index (χ3v) is 6.82. The van der Waals surface area contributed by atoms with Gasteiger partial charge in [-0.3, -0.25) is 4.99 Å². The number of nitrogens with zero attached hydrogens (tertiary/aromatic N) is 3. The number of nitrogens with one attached hydrogen (secondary N) is 1. The lowest BCUT2D eigenvalue weighted by Crippen LogP contribution is -2.43. The van der Waals surface area contributed by atoms with Gasteiger partial charge in [0.15, 0.2) is 5.96 Å². The maximum absolute atomic E-state index is 4.60. The maximum atomic E-state index is 4.60. The summed E-state index contributed by atoms with van der Waals surface area (Å²) in [4.78, 5) is 9.64. The number of halogens is 1. The van der Waals surface area contributed by atoms with Gasteiger partial charge in [-0.15, -0.1) is 24.0 Å². The third-order valence-electron chi connectivity index (χ3n) is 6.82. The van der Waals surface area contributed by atoms with Crippen molar-refractivity contribution in [2.75, 3.05) is 44.7 Å². The van der Waals surface area contributed by atoms with Crippen LogP contribution in [0.1, 0.15) is 44.9 Å². The van der Waals surface area contributed by atoms with E-state index in [1.807, 2.05) is 7.05 Å². The first-order chi connectivity index (χ1) is 12.8. The van der Waals surface area contributed by atoms with E-state index in [9.17, 15) is 0 Å². The molecular weight excluding hydrogens is 447 g/mol. The van der Waals surface area contributed by atoms with Crippen molar-refractivity contribution in [1.29, 1.82) is 0 Å². The lowest BCUT2D eigenvalue weighted by Gasteiger charge is -2.33. The Balaban J connectivity index is 0.00000210. The van der Waals surface area contributed by atoms with E-state index in [-0.39, 0.29) is 24.0 Å². The summed E-state index contributed by atoms with van der Waals surface area (Å²) in [5.74, 6) is 1.84. The van der Waals surface area contributed by atoms with Crippen molar-refractivity contribution in [2.45, 2.75) is 44.9 Å². The fourth-order valence-electron chi connectivity index (χ4n) is 5.27. The molecule has 1 spiro atoms. The highest BCUT2D eigenvalue weighted by Crippen LogP contribution is 2.43. The zero-order valence-corrected chi connectivity index (χ0v) is 19.0. The number of para-hydroxylation sites is 1. The molecule has 2 heterocycles. The van der Waals surface area contributed by atoms with Crippen LogP contribution in [0.5, 0.6) is 0 Å². The van der Waals surface area contributed by atoms with E-state index in [1.54, 1.807) is 0 Å². The van der Waals surface area contributed by atoms with E-state index >= 15 is 0 Å². The second kappa shape index (κ2) is 9.48. The van der Waals surface area contributed by atoms with E-state index < -0.39 is 0 Å². The van der Waals surface area contributed by atoms with E-state index in [4.69, 9.17) is 0 Å². The molecule has 1 aromatic rings. The van der Waals surface area contributed by atoms with E-state index in [0.717, 1.165) is 19.0 Å². The van der Waals surface area contributed by atoms with Crippen molar-refractivity contribution in [3.05, 3.63) is 30.3 Å². The van der Waals surface area contributed by atoms with Gasteiger partial charge in [-0.1, -0.05) is 37.5 Å². The Kier molecular flexibility index (Phi) is 7.29. The summed E-state index contributed by atoms with van der Waals surface area (Å²) in [6, 6.07) is 10.8. The van der Waals surface area contributed by atoms with Crippen LogP contribution in [0.4, 0.5) is 5.69 Å².